The van der Waals surface area contributed by atoms with Gasteiger partial charge in [0.15, 0.2) is 6.61 Å². The van der Waals surface area contributed by atoms with Crippen LogP contribution in [0.5, 0.6) is 5.75 Å². The van der Waals surface area contributed by atoms with Crippen molar-refractivity contribution in [2.75, 3.05) is 23.4 Å². The van der Waals surface area contributed by atoms with Gasteiger partial charge in [-0.3, -0.25) is 4.79 Å². The molecule has 0 bridgehead atoms. The summed E-state index contributed by atoms with van der Waals surface area (Å²) in [6.07, 6.45) is 10.4. The number of piperidine rings is 1. The first kappa shape index (κ1) is 20.8. The van der Waals surface area contributed by atoms with Crippen LogP contribution >= 0.6 is 0 Å². The second-order valence-electron chi connectivity index (χ2n) is 8.83. The number of ether oxygens (including phenoxy) is 1. The fraction of sp³-hybridized carbons (Fsp3) is 0.500. The number of nitrogens with zero attached hydrogens (tertiary/aromatic N) is 1. The van der Waals surface area contributed by atoms with Crippen LogP contribution < -0.4 is 15.0 Å². The average Bonchev–Trinajstić information content (AvgIpc) is 2.80. The summed E-state index contributed by atoms with van der Waals surface area (Å²) in [6.45, 7) is 3.42. The van der Waals surface area contributed by atoms with Crippen molar-refractivity contribution >= 4 is 17.3 Å². The molecule has 1 aliphatic carbocycles. The van der Waals surface area contributed by atoms with Gasteiger partial charge in [0.1, 0.15) is 5.75 Å². The van der Waals surface area contributed by atoms with E-state index >= 15 is 0 Å². The smallest absolute Gasteiger partial charge is 0.262 e. The molecule has 1 heterocycles. The minimum absolute atomic E-state index is 0.0215. The van der Waals surface area contributed by atoms with Crippen molar-refractivity contribution in [3.63, 3.8) is 0 Å². The molecule has 1 saturated carbocycles. The predicted molar refractivity (Wildman–Crippen MR) is 123 cm³/mol. The van der Waals surface area contributed by atoms with Gasteiger partial charge in [-0.15, -0.1) is 0 Å². The highest BCUT2D eigenvalue weighted by molar-refractivity contribution is 5.92. The zero-order valence-corrected chi connectivity index (χ0v) is 18.1. The SMILES string of the molecule is C[C@H]1CCCCN1c1ccc(NC(=O)COc2ccc(C3CCCCC3)cc2)cc1. The molecule has 4 rings (SSSR count). The van der Waals surface area contributed by atoms with Gasteiger partial charge in [0.25, 0.3) is 5.91 Å². The third kappa shape index (κ3) is 5.35. The van der Waals surface area contributed by atoms with Crippen LogP contribution in [0.1, 0.15) is 69.8 Å². The molecule has 1 amide bonds. The van der Waals surface area contributed by atoms with Crippen molar-refractivity contribution in [3.8, 4) is 5.75 Å². The lowest BCUT2D eigenvalue weighted by Crippen LogP contribution is -2.37. The zero-order chi connectivity index (χ0) is 20.8. The zero-order valence-electron chi connectivity index (χ0n) is 18.1. The summed E-state index contributed by atoms with van der Waals surface area (Å²) in [5.41, 5.74) is 3.44. The van der Waals surface area contributed by atoms with Gasteiger partial charge in [0.2, 0.25) is 0 Å². The highest BCUT2D eigenvalue weighted by Crippen LogP contribution is 2.33. The molecule has 1 saturated heterocycles. The molecule has 2 aliphatic rings. The number of nitrogens with one attached hydrogen (secondary N) is 1. The number of benzene rings is 2. The van der Waals surface area contributed by atoms with Gasteiger partial charge >= 0.3 is 0 Å². The van der Waals surface area contributed by atoms with Gasteiger partial charge in [-0.1, -0.05) is 31.4 Å². The molecule has 4 nitrogen and oxygen atoms in total. The summed E-state index contributed by atoms with van der Waals surface area (Å²) in [5.74, 6) is 1.30. The molecule has 1 N–H and O–H groups in total. The normalized spacial score (nSPS) is 20.0. The molecular formula is C26H34N2O2. The number of anilines is 2. The van der Waals surface area contributed by atoms with Crippen LogP contribution in [0.4, 0.5) is 11.4 Å². The molecule has 160 valence electrons. The molecule has 0 unspecified atom stereocenters. The maximum absolute atomic E-state index is 12.3. The third-order valence-electron chi connectivity index (χ3n) is 6.61. The number of carbonyl (C=O) groups excluding carboxylic acids is 1. The highest BCUT2D eigenvalue weighted by Gasteiger charge is 2.18. The molecular weight excluding hydrogens is 372 g/mol. The van der Waals surface area contributed by atoms with Crippen LogP contribution in [0.2, 0.25) is 0 Å². The van der Waals surface area contributed by atoms with E-state index in [-0.39, 0.29) is 12.5 Å². The summed E-state index contributed by atoms with van der Waals surface area (Å²) in [4.78, 5) is 14.7. The van der Waals surface area contributed by atoms with Crippen LogP contribution in [-0.2, 0) is 4.79 Å². The molecule has 2 aromatic carbocycles. The molecule has 4 heteroatoms. The molecule has 30 heavy (non-hydrogen) atoms. The van der Waals surface area contributed by atoms with Crippen LogP contribution in [0.3, 0.4) is 0 Å². The van der Waals surface area contributed by atoms with Gasteiger partial charge in [-0.2, -0.15) is 0 Å². The first-order chi connectivity index (χ1) is 14.7. The lowest BCUT2D eigenvalue weighted by atomic mass is 9.84. The summed E-state index contributed by atoms with van der Waals surface area (Å²) in [5, 5.41) is 2.93. The quantitative estimate of drug-likeness (QED) is 0.627. The topological polar surface area (TPSA) is 41.6 Å². The monoisotopic (exact) mass is 406 g/mol. The van der Waals surface area contributed by atoms with E-state index in [2.05, 4.69) is 41.4 Å². The first-order valence-corrected chi connectivity index (χ1v) is 11.6. The standard InChI is InChI=1S/C26H34N2O2/c1-20-7-5-6-18-28(20)24-14-12-23(13-15-24)27-26(29)19-30-25-16-10-22(11-17-25)21-8-3-2-4-9-21/h10-17,20-21H,2-9,18-19H2,1H3,(H,27,29)/t20-/m0/s1. The van der Waals surface area contributed by atoms with E-state index in [0.29, 0.717) is 12.0 Å². The fourth-order valence-electron chi connectivity index (χ4n) is 4.84. The van der Waals surface area contributed by atoms with Gasteiger partial charge in [0, 0.05) is 24.0 Å². The van der Waals surface area contributed by atoms with Crippen molar-refractivity contribution in [2.45, 2.75) is 70.3 Å². The Morgan fingerprint density at radius 2 is 1.63 bits per heavy atom. The largest absolute Gasteiger partial charge is 0.484 e. The summed E-state index contributed by atoms with van der Waals surface area (Å²) < 4.78 is 5.70. The molecule has 0 aromatic heterocycles. The predicted octanol–water partition coefficient (Wildman–Crippen LogP) is 6.13. The van der Waals surface area contributed by atoms with Crippen molar-refractivity contribution in [2.24, 2.45) is 0 Å². The molecule has 0 spiro atoms. The second kappa shape index (κ2) is 10.0. The minimum atomic E-state index is -0.134. The van der Waals surface area contributed by atoms with Crippen molar-refractivity contribution in [3.05, 3.63) is 54.1 Å². The Balaban J connectivity index is 1.25. The van der Waals surface area contributed by atoms with Crippen molar-refractivity contribution < 1.29 is 9.53 Å². The molecule has 2 fully saturated rings. The number of hydrogen-bond donors (Lipinski definition) is 1. The number of amides is 1. The van der Waals surface area contributed by atoms with E-state index < -0.39 is 0 Å². The molecule has 2 aromatic rings. The maximum Gasteiger partial charge on any atom is 0.262 e. The van der Waals surface area contributed by atoms with E-state index in [9.17, 15) is 4.79 Å². The summed E-state index contributed by atoms with van der Waals surface area (Å²) in [6, 6.07) is 17.0. The third-order valence-corrected chi connectivity index (χ3v) is 6.61. The van der Waals surface area contributed by atoms with Crippen molar-refractivity contribution in [1.29, 1.82) is 0 Å². The molecule has 1 aliphatic heterocycles. The number of rotatable bonds is 6. The maximum atomic E-state index is 12.3. The van der Waals surface area contributed by atoms with Gasteiger partial charge in [-0.25, -0.2) is 0 Å². The Labute approximate surface area is 180 Å². The van der Waals surface area contributed by atoms with Gasteiger partial charge in [0.05, 0.1) is 0 Å². The van der Waals surface area contributed by atoms with E-state index in [0.717, 1.165) is 18.0 Å². The van der Waals surface area contributed by atoms with E-state index in [4.69, 9.17) is 4.74 Å². The Bertz CT molecular complexity index is 810. The van der Waals surface area contributed by atoms with Crippen LogP contribution in [0.15, 0.2) is 48.5 Å². The second-order valence-corrected chi connectivity index (χ2v) is 8.83. The molecule has 1 atom stereocenters. The molecule has 0 radical (unpaired) electrons. The first-order valence-electron chi connectivity index (χ1n) is 11.6. The lowest BCUT2D eigenvalue weighted by Gasteiger charge is -2.35. The Morgan fingerprint density at radius 3 is 2.33 bits per heavy atom. The van der Waals surface area contributed by atoms with E-state index in [1.165, 1.54) is 62.6 Å². The van der Waals surface area contributed by atoms with Crippen LogP contribution in [0, 0.1) is 0 Å². The minimum Gasteiger partial charge on any atom is -0.484 e. The summed E-state index contributed by atoms with van der Waals surface area (Å²) >= 11 is 0. The Morgan fingerprint density at radius 1 is 0.933 bits per heavy atom. The summed E-state index contributed by atoms with van der Waals surface area (Å²) in [7, 11) is 0. The number of carbonyl (C=O) groups is 1. The Kier molecular flexibility index (Phi) is 6.93. The Hall–Kier alpha value is -2.49. The van der Waals surface area contributed by atoms with Crippen molar-refractivity contribution in [1.82, 2.24) is 0 Å². The van der Waals surface area contributed by atoms with E-state index in [1.807, 2.05) is 24.3 Å². The highest BCUT2D eigenvalue weighted by atomic mass is 16.5. The van der Waals surface area contributed by atoms with Crippen LogP contribution in [-0.4, -0.2) is 25.1 Å². The van der Waals surface area contributed by atoms with Crippen LogP contribution in [0.25, 0.3) is 0 Å². The fourth-order valence-corrected chi connectivity index (χ4v) is 4.84. The lowest BCUT2D eigenvalue weighted by molar-refractivity contribution is -0.118. The van der Waals surface area contributed by atoms with E-state index in [1.54, 1.807) is 0 Å². The number of hydrogen-bond acceptors (Lipinski definition) is 3. The average molecular weight is 407 g/mol. The van der Waals surface area contributed by atoms with Gasteiger partial charge in [-0.05, 0) is 86.9 Å². The van der Waals surface area contributed by atoms with Gasteiger partial charge < -0.3 is 15.0 Å².